The molecule has 1 aliphatic heterocycles. The molecule has 130 valence electrons. The second-order valence-corrected chi connectivity index (χ2v) is 5.81. The second-order valence-electron chi connectivity index (χ2n) is 5.37. The van der Waals surface area contributed by atoms with Crippen LogP contribution in [0.3, 0.4) is 0 Å². The van der Waals surface area contributed by atoms with Gasteiger partial charge in [0.15, 0.2) is 17.6 Å². The Morgan fingerprint density at radius 2 is 1.76 bits per heavy atom. The topological polar surface area (TPSA) is 91.2 Å². The third-order valence-electron chi connectivity index (χ3n) is 3.91. The van der Waals surface area contributed by atoms with Crippen molar-refractivity contribution in [3.8, 4) is 11.5 Å². The number of ether oxygens (including phenoxy) is 3. The molecule has 1 saturated heterocycles. The molecule has 2 aromatic carbocycles. The number of halogens is 1. The zero-order valence-electron chi connectivity index (χ0n) is 13.4. The third kappa shape index (κ3) is 3.29. The van der Waals surface area contributed by atoms with E-state index < -0.39 is 22.9 Å². The monoisotopic (exact) mass is 363 g/mol. The number of nitrogens with zero attached hydrogens (tertiary/aromatic N) is 1. The Balaban J connectivity index is 1.92. The van der Waals surface area contributed by atoms with Crippen LogP contribution in [0.5, 0.6) is 11.5 Å². The van der Waals surface area contributed by atoms with Gasteiger partial charge in [-0.25, -0.2) is 0 Å². The highest BCUT2D eigenvalue weighted by Crippen LogP contribution is 2.43. The quantitative estimate of drug-likeness (QED) is 0.337. The maximum atomic E-state index is 12.7. The summed E-state index contributed by atoms with van der Waals surface area (Å²) in [5, 5.41) is 11.9. The average Bonchev–Trinajstić information content (AvgIpc) is 3.41. The molecule has 0 radical (unpaired) electrons. The van der Waals surface area contributed by atoms with Crippen LogP contribution in [-0.4, -0.2) is 31.0 Å². The summed E-state index contributed by atoms with van der Waals surface area (Å²) in [5.74, 6) is -0.0653. The molecule has 7 nitrogen and oxygen atoms in total. The second kappa shape index (κ2) is 6.70. The van der Waals surface area contributed by atoms with Gasteiger partial charge in [-0.1, -0.05) is 23.7 Å². The molecule has 25 heavy (non-hydrogen) atoms. The Hall–Kier alpha value is -2.64. The Kier molecular flexibility index (Phi) is 4.61. The first kappa shape index (κ1) is 17.2. The number of methoxy groups -OCH3 is 2. The van der Waals surface area contributed by atoms with Gasteiger partial charge in [0.2, 0.25) is 5.78 Å². The Morgan fingerprint density at radius 3 is 2.32 bits per heavy atom. The van der Waals surface area contributed by atoms with Crippen LogP contribution in [0.25, 0.3) is 0 Å². The summed E-state index contributed by atoms with van der Waals surface area (Å²) < 4.78 is 15.6. The summed E-state index contributed by atoms with van der Waals surface area (Å²) >= 11 is 5.84. The minimum atomic E-state index is -0.780. The molecule has 2 aromatic rings. The SMILES string of the molecule is COc1cc(C(=O)[C@@H]2O[C@H]2c2ccc(Cl)cc2)c([N+](=O)[O-])cc1OC. The molecular weight excluding hydrogens is 350 g/mol. The van der Waals surface area contributed by atoms with E-state index in [9.17, 15) is 14.9 Å². The number of carbonyl (C=O) groups is 1. The van der Waals surface area contributed by atoms with Gasteiger partial charge in [0, 0.05) is 11.1 Å². The molecule has 1 fully saturated rings. The minimum absolute atomic E-state index is 0.0795. The lowest BCUT2D eigenvalue weighted by atomic mass is 10.0. The van der Waals surface area contributed by atoms with E-state index in [-0.39, 0.29) is 22.7 Å². The number of carbonyl (C=O) groups excluding carboxylic acids is 1. The van der Waals surface area contributed by atoms with Crippen molar-refractivity contribution in [2.45, 2.75) is 12.2 Å². The number of nitro groups is 1. The number of benzene rings is 2. The molecule has 0 spiro atoms. The smallest absolute Gasteiger partial charge is 0.284 e. The summed E-state index contributed by atoms with van der Waals surface area (Å²) in [5.41, 5.74) is 0.350. The number of ketones is 1. The van der Waals surface area contributed by atoms with Gasteiger partial charge in [-0.2, -0.15) is 0 Å². The predicted octanol–water partition coefficient (Wildman–Crippen LogP) is 3.59. The van der Waals surface area contributed by atoms with Gasteiger partial charge >= 0.3 is 0 Å². The predicted molar refractivity (Wildman–Crippen MR) is 89.6 cm³/mol. The van der Waals surface area contributed by atoms with Crippen LogP contribution in [0.2, 0.25) is 5.02 Å². The van der Waals surface area contributed by atoms with Gasteiger partial charge < -0.3 is 14.2 Å². The highest BCUT2D eigenvalue weighted by atomic mass is 35.5. The van der Waals surface area contributed by atoms with E-state index >= 15 is 0 Å². The summed E-state index contributed by atoms with van der Waals surface area (Å²) in [6, 6.07) is 9.37. The first-order chi connectivity index (χ1) is 12.0. The molecular formula is C17H14ClNO6. The van der Waals surface area contributed by atoms with Crippen LogP contribution < -0.4 is 9.47 Å². The van der Waals surface area contributed by atoms with Crippen LogP contribution in [0, 0.1) is 10.1 Å². The zero-order valence-corrected chi connectivity index (χ0v) is 14.1. The fraction of sp³-hybridized carbons (Fsp3) is 0.235. The number of epoxide rings is 1. The van der Waals surface area contributed by atoms with Gasteiger partial charge in [0.05, 0.1) is 25.2 Å². The Bertz CT molecular complexity index is 836. The van der Waals surface area contributed by atoms with E-state index in [1.54, 1.807) is 24.3 Å². The maximum absolute atomic E-state index is 12.7. The molecule has 0 unspecified atom stereocenters. The molecule has 8 heteroatoms. The van der Waals surface area contributed by atoms with Crippen molar-refractivity contribution in [1.29, 1.82) is 0 Å². The number of nitro benzene ring substituents is 1. The van der Waals surface area contributed by atoms with Crippen LogP contribution in [0.1, 0.15) is 22.0 Å². The molecule has 3 rings (SSSR count). The molecule has 0 aliphatic carbocycles. The normalized spacial score (nSPS) is 18.5. The van der Waals surface area contributed by atoms with E-state index in [1.807, 2.05) is 0 Å². The van der Waals surface area contributed by atoms with Gasteiger partial charge in [0.1, 0.15) is 11.7 Å². The van der Waals surface area contributed by atoms with Gasteiger partial charge in [-0.3, -0.25) is 14.9 Å². The van der Waals surface area contributed by atoms with Crippen molar-refractivity contribution in [2.24, 2.45) is 0 Å². The van der Waals surface area contributed by atoms with E-state index in [4.69, 9.17) is 25.8 Å². The number of hydrogen-bond acceptors (Lipinski definition) is 6. The van der Waals surface area contributed by atoms with Gasteiger partial charge in [-0.05, 0) is 17.7 Å². The Labute approximate surface area is 148 Å². The van der Waals surface area contributed by atoms with E-state index in [0.717, 1.165) is 5.56 Å². The molecule has 0 saturated carbocycles. The lowest BCUT2D eigenvalue weighted by Gasteiger charge is -2.09. The molecule has 2 atom stereocenters. The minimum Gasteiger partial charge on any atom is -0.493 e. The van der Waals surface area contributed by atoms with Gasteiger partial charge in [-0.15, -0.1) is 0 Å². The molecule has 0 bridgehead atoms. The summed E-state index contributed by atoms with van der Waals surface area (Å²) in [6.07, 6.45) is -1.23. The number of hydrogen-bond donors (Lipinski definition) is 0. The lowest BCUT2D eigenvalue weighted by molar-refractivity contribution is -0.385. The maximum Gasteiger partial charge on any atom is 0.284 e. The zero-order chi connectivity index (χ0) is 18.1. The number of Topliss-reactive ketones (excluding diaryl/α,β-unsaturated/α-hetero) is 1. The van der Waals surface area contributed by atoms with Crippen molar-refractivity contribution in [3.63, 3.8) is 0 Å². The largest absolute Gasteiger partial charge is 0.493 e. The molecule has 0 aromatic heterocycles. The molecule has 1 aliphatic rings. The summed E-state index contributed by atoms with van der Waals surface area (Å²) in [4.78, 5) is 23.4. The van der Waals surface area contributed by atoms with Crippen molar-refractivity contribution < 1.29 is 23.9 Å². The van der Waals surface area contributed by atoms with E-state index in [2.05, 4.69) is 0 Å². The summed E-state index contributed by atoms with van der Waals surface area (Å²) in [6.45, 7) is 0. The fourth-order valence-corrected chi connectivity index (χ4v) is 2.71. The third-order valence-corrected chi connectivity index (χ3v) is 4.16. The van der Waals surface area contributed by atoms with Crippen LogP contribution in [0.4, 0.5) is 5.69 Å². The molecule has 1 heterocycles. The van der Waals surface area contributed by atoms with Crippen molar-refractivity contribution in [3.05, 3.63) is 62.7 Å². The number of rotatable bonds is 6. The highest BCUT2D eigenvalue weighted by molar-refractivity contribution is 6.30. The van der Waals surface area contributed by atoms with Crippen LogP contribution in [-0.2, 0) is 4.74 Å². The van der Waals surface area contributed by atoms with Gasteiger partial charge in [0.25, 0.3) is 5.69 Å². The van der Waals surface area contributed by atoms with Crippen molar-refractivity contribution >= 4 is 23.1 Å². The van der Waals surface area contributed by atoms with Crippen LogP contribution >= 0.6 is 11.6 Å². The first-order valence-corrected chi connectivity index (χ1v) is 7.69. The molecule has 0 N–H and O–H groups in total. The van der Waals surface area contributed by atoms with Crippen LogP contribution in [0.15, 0.2) is 36.4 Å². The summed E-state index contributed by atoms with van der Waals surface area (Å²) in [7, 11) is 2.76. The van der Waals surface area contributed by atoms with Crippen molar-refractivity contribution in [2.75, 3.05) is 14.2 Å². The van der Waals surface area contributed by atoms with E-state index in [1.165, 1.54) is 26.4 Å². The first-order valence-electron chi connectivity index (χ1n) is 7.31. The van der Waals surface area contributed by atoms with Crippen molar-refractivity contribution in [1.82, 2.24) is 0 Å². The Morgan fingerprint density at radius 1 is 1.16 bits per heavy atom. The lowest BCUT2D eigenvalue weighted by Crippen LogP contribution is -2.11. The highest BCUT2D eigenvalue weighted by Gasteiger charge is 2.48. The van der Waals surface area contributed by atoms with E-state index in [0.29, 0.717) is 5.02 Å². The molecule has 0 amide bonds. The standard InChI is InChI=1S/C17H14ClNO6/c1-23-13-7-11(12(19(21)22)8-14(13)24-2)15(20)17-16(25-17)9-3-5-10(18)6-4-9/h3-8,16-17H,1-2H3/t16-,17-/m0/s1. The fourth-order valence-electron chi connectivity index (χ4n) is 2.59. The average molecular weight is 364 g/mol.